The van der Waals surface area contributed by atoms with Gasteiger partial charge in [0.2, 0.25) is 5.91 Å². The number of benzene rings is 1. The molecule has 0 spiro atoms. The summed E-state index contributed by atoms with van der Waals surface area (Å²) in [4.78, 5) is 13.8. The smallest absolute Gasteiger partial charge is 0.220 e. The normalized spacial score (nSPS) is 38.9. The van der Waals surface area contributed by atoms with Gasteiger partial charge in [0, 0.05) is 6.92 Å². The minimum Gasteiger partial charge on any atom is -0.328 e. The second-order valence-corrected chi connectivity index (χ2v) is 5.01. The van der Waals surface area contributed by atoms with E-state index in [4.69, 9.17) is 0 Å². The van der Waals surface area contributed by atoms with E-state index >= 15 is 0 Å². The van der Waals surface area contributed by atoms with Crippen LogP contribution in [0.15, 0.2) is 24.3 Å². The van der Waals surface area contributed by atoms with Crippen molar-refractivity contribution < 1.29 is 4.79 Å². The molecular formula is C13H13NO. The highest BCUT2D eigenvalue weighted by atomic mass is 16.2. The molecule has 0 radical (unpaired) electrons. The lowest BCUT2D eigenvalue weighted by Crippen LogP contribution is -2.27. The Balaban J connectivity index is 1.93. The van der Waals surface area contributed by atoms with Crippen LogP contribution in [0.3, 0.4) is 0 Å². The van der Waals surface area contributed by atoms with Gasteiger partial charge in [0.05, 0.1) is 12.1 Å². The second-order valence-electron chi connectivity index (χ2n) is 5.01. The van der Waals surface area contributed by atoms with E-state index < -0.39 is 0 Å². The molecule has 1 aromatic rings. The van der Waals surface area contributed by atoms with Crippen LogP contribution < -0.4 is 0 Å². The fourth-order valence-corrected chi connectivity index (χ4v) is 3.75. The molecule has 2 bridgehead atoms. The van der Waals surface area contributed by atoms with Crippen molar-refractivity contribution in [2.75, 3.05) is 0 Å². The predicted molar refractivity (Wildman–Crippen MR) is 56.0 cm³/mol. The van der Waals surface area contributed by atoms with Crippen LogP contribution in [0.5, 0.6) is 0 Å². The maximum atomic E-state index is 11.7. The van der Waals surface area contributed by atoms with Crippen molar-refractivity contribution in [1.29, 1.82) is 0 Å². The molecule has 0 aromatic heterocycles. The fraction of sp³-hybridized carbons (Fsp3) is 0.462. The quantitative estimate of drug-likeness (QED) is 0.627. The maximum absolute atomic E-state index is 11.7. The van der Waals surface area contributed by atoms with Crippen molar-refractivity contribution in [1.82, 2.24) is 4.90 Å². The molecule has 1 amide bonds. The van der Waals surface area contributed by atoms with Crippen LogP contribution in [-0.4, -0.2) is 10.8 Å². The van der Waals surface area contributed by atoms with Crippen LogP contribution in [0.4, 0.5) is 0 Å². The van der Waals surface area contributed by atoms with Gasteiger partial charge in [-0.05, 0) is 29.4 Å². The summed E-state index contributed by atoms with van der Waals surface area (Å²) in [5.74, 6) is 1.79. The van der Waals surface area contributed by atoms with Gasteiger partial charge in [-0.1, -0.05) is 24.3 Å². The van der Waals surface area contributed by atoms with Crippen molar-refractivity contribution in [2.24, 2.45) is 11.8 Å². The summed E-state index contributed by atoms with van der Waals surface area (Å²) in [6, 6.07) is 9.40. The predicted octanol–water partition coefficient (Wildman–Crippen LogP) is 2.28. The first-order valence-electron chi connectivity index (χ1n) is 5.67. The molecule has 2 heterocycles. The van der Waals surface area contributed by atoms with E-state index in [1.165, 1.54) is 17.5 Å². The summed E-state index contributed by atoms with van der Waals surface area (Å²) in [6.45, 7) is 1.70. The lowest BCUT2D eigenvalue weighted by Gasteiger charge is -2.24. The molecule has 1 saturated heterocycles. The Kier molecular flexibility index (Phi) is 1.19. The standard InChI is InChI=1S/C13H13NO/c1-7(15)14-12-8-4-2-3-5-9(8)13(14)11-6-10(11)12/h2-5,10-13H,6H2,1H3. The molecule has 2 nitrogen and oxygen atoms in total. The van der Waals surface area contributed by atoms with Gasteiger partial charge >= 0.3 is 0 Å². The molecular weight excluding hydrogens is 186 g/mol. The summed E-state index contributed by atoms with van der Waals surface area (Å²) < 4.78 is 0. The van der Waals surface area contributed by atoms with Gasteiger partial charge in [-0.25, -0.2) is 0 Å². The highest BCUT2D eigenvalue weighted by molar-refractivity contribution is 5.77. The van der Waals surface area contributed by atoms with Gasteiger partial charge in [0.1, 0.15) is 0 Å². The first-order valence-corrected chi connectivity index (χ1v) is 5.67. The molecule has 1 aliphatic carbocycles. The van der Waals surface area contributed by atoms with E-state index in [1.807, 2.05) is 0 Å². The SMILES string of the molecule is CC(=O)N1C2c3ccccc3C1C1CC12. The number of hydrogen-bond donors (Lipinski definition) is 0. The van der Waals surface area contributed by atoms with Crippen LogP contribution in [0.1, 0.15) is 36.6 Å². The van der Waals surface area contributed by atoms with Gasteiger partial charge in [-0.2, -0.15) is 0 Å². The maximum Gasteiger partial charge on any atom is 0.220 e. The third kappa shape index (κ3) is 0.760. The zero-order valence-electron chi connectivity index (χ0n) is 8.68. The number of amides is 1. The summed E-state index contributed by atoms with van der Waals surface area (Å²) in [5, 5.41) is 0. The largest absolute Gasteiger partial charge is 0.328 e. The third-order valence-electron chi connectivity index (χ3n) is 4.30. The minimum atomic E-state index is 0.244. The Labute approximate surface area is 88.9 Å². The number of piperidine rings is 1. The Hall–Kier alpha value is -1.31. The monoisotopic (exact) mass is 199 g/mol. The van der Waals surface area contributed by atoms with Crippen LogP contribution in [0.25, 0.3) is 0 Å². The number of fused-ring (bicyclic) bond motifs is 8. The van der Waals surface area contributed by atoms with Crippen LogP contribution >= 0.6 is 0 Å². The highest BCUT2D eigenvalue weighted by Crippen LogP contribution is 2.70. The minimum absolute atomic E-state index is 0.244. The van der Waals surface area contributed by atoms with E-state index in [2.05, 4.69) is 29.2 Å². The number of nitrogens with zero attached hydrogens (tertiary/aromatic N) is 1. The van der Waals surface area contributed by atoms with Crippen molar-refractivity contribution in [3.63, 3.8) is 0 Å². The Morgan fingerprint density at radius 2 is 1.73 bits per heavy atom. The zero-order valence-corrected chi connectivity index (χ0v) is 8.68. The lowest BCUT2D eigenvalue weighted by molar-refractivity contribution is -0.132. The van der Waals surface area contributed by atoms with Crippen molar-refractivity contribution in [2.45, 2.75) is 25.4 Å². The van der Waals surface area contributed by atoms with Crippen LogP contribution in [0, 0.1) is 11.8 Å². The fourth-order valence-electron chi connectivity index (χ4n) is 3.75. The van der Waals surface area contributed by atoms with Gasteiger partial charge in [-0.15, -0.1) is 0 Å². The molecule has 0 N–H and O–H groups in total. The number of carbonyl (C=O) groups is 1. The Morgan fingerprint density at radius 1 is 1.20 bits per heavy atom. The van der Waals surface area contributed by atoms with Crippen molar-refractivity contribution >= 4 is 5.91 Å². The first-order chi connectivity index (χ1) is 7.29. The van der Waals surface area contributed by atoms with Crippen LogP contribution in [-0.2, 0) is 4.79 Å². The molecule has 2 fully saturated rings. The number of carbonyl (C=O) groups excluding carboxylic acids is 1. The molecule has 1 saturated carbocycles. The summed E-state index contributed by atoms with van der Waals surface area (Å²) >= 11 is 0. The molecule has 76 valence electrons. The Bertz CT molecular complexity index is 432. The topological polar surface area (TPSA) is 20.3 Å². The number of hydrogen-bond acceptors (Lipinski definition) is 1. The molecule has 15 heavy (non-hydrogen) atoms. The van der Waals surface area contributed by atoms with E-state index in [-0.39, 0.29) is 5.91 Å². The van der Waals surface area contributed by atoms with E-state index in [0.29, 0.717) is 12.1 Å². The van der Waals surface area contributed by atoms with E-state index in [1.54, 1.807) is 6.92 Å². The summed E-state index contributed by atoms with van der Waals surface area (Å²) in [5.41, 5.74) is 2.83. The molecule has 2 aliphatic heterocycles. The van der Waals surface area contributed by atoms with Crippen molar-refractivity contribution in [3.8, 4) is 0 Å². The third-order valence-corrected chi connectivity index (χ3v) is 4.30. The average molecular weight is 199 g/mol. The zero-order chi connectivity index (χ0) is 10.2. The second kappa shape index (κ2) is 2.26. The van der Waals surface area contributed by atoms with Crippen LogP contribution in [0.2, 0.25) is 0 Å². The number of rotatable bonds is 0. The molecule has 4 atom stereocenters. The Morgan fingerprint density at radius 3 is 2.20 bits per heavy atom. The average Bonchev–Trinajstić information content (AvgIpc) is 2.87. The van der Waals surface area contributed by atoms with E-state index in [9.17, 15) is 4.79 Å². The summed E-state index contributed by atoms with van der Waals surface area (Å²) in [7, 11) is 0. The van der Waals surface area contributed by atoms with Crippen molar-refractivity contribution in [3.05, 3.63) is 35.4 Å². The highest BCUT2D eigenvalue weighted by Gasteiger charge is 2.64. The van der Waals surface area contributed by atoms with E-state index in [0.717, 1.165) is 11.8 Å². The van der Waals surface area contributed by atoms with Gasteiger partial charge < -0.3 is 4.90 Å². The molecule has 4 rings (SSSR count). The first kappa shape index (κ1) is 7.91. The molecule has 3 aliphatic rings. The molecule has 1 aromatic carbocycles. The summed E-state index contributed by atoms with van der Waals surface area (Å²) in [6.07, 6.45) is 1.33. The van der Waals surface area contributed by atoms with Gasteiger partial charge in [-0.3, -0.25) is 4.79 Å². The van der Waals surface area contributed by atoms with Gasteiger partial charge in [0.15, 0.2) is 0 Å². The lowest BCUT2D eigenvalue weighted by atomic mass is 9.92. The molecule has 2 heteroatoms. The van der Waals surface area contributed by atoms with Gasteiger partial charge in [0.25, 0.3) is 0 Å². The molecule has 4 unspecified atom stereocenters.